The van der Waals surface area contributed by atoms with Crippen LogP contribution in [0.4, 0.5) is 0 Å². The minimum absolute atomic E-state index is 0.00763. The number of sulfonamides is 1. The Bertz CT molecular complexity index is 477. The number of carbonyl (C=O) groups excluding carboxylic acids is 1. The highest BCUT2D eigenvalue weighted by molar-refractivity contribution is 7.88. The Labute approximate surface area is 127 Å². The van der Waals surface area contributed by atoms with Crippen molar-refractivity contribution < 1.29 is 17.9 Å². The second-order valence-corrected chi connectivity index (χ2v) is 8.30. The maximum Gasteiger partial charge on any atom is 0.228 e. The molecule has 2 fully saturated rings. The van der Waals surface area contributed by atoms with Crippen molar-refractivity contribution in [1.29, 1.82) is 0 Å². The van der Waals surface area contributed by atoms with Gasteiger partial charge in [0.1, 0.15) is 0 Å². The predicted octanol–water partition coefficient (Wildman–Crippen LogP) is 0.541. The van der Waals surface area contributed by atoms with Crippen LogP contribution < -0.4 is 0 Å². The Morgan fingerprint density at radius 2 is 1.90 bits per heavy atom. The minimum atomic E-state index is -3.17. The lowest BCUT2D eigenvalue weighted by Crippen LogP contribution is -2.43. The first kappa shape index (κ1) is 16.7. The molecule has 2 rings (SSSR count). The molecule has 6 nitrogen and oxygen atoms in total. The summed E-state index contributed by atoms with van der Waals surface area (Å²) in [5.74, 6) is 0.372. The molecular weight excluding hydrogens is 292 g/mol. The Kier molecular flexibility index (Phi) is 5.27. The molecule has 0 bridgehead atoms. The van der Waals surface area contributed by atoms with Crippen molar-refractivity contribution in [2.75, 3.05) is 39.0 Å². The van der Waals surface area contributed by atoms with E-state index in [-0.39, 0.29) is 17.9 Å². The molecule has 2 heterocycles. The van der Waals surface area contributed by atoms with Crippen LogP contribution in [-0.2, 0) is 19.6 Å². The zero-order valence-electron chi connectivity index (χ0n) is 13.1. The van der Waals surface area contributed by atoms with Gasteiger partial charge in [-0.2, -0.15) is 0 Å². The molecule has 0 spiro atoms. The van der Waals surface area contributed by atoms with Crippen molar-refractivity contribution in [3.05, 3.63) is 0 Å². The Morgan fingerprint density at radius 3 is 2.52 bits per heavy atom. The molecule has 0 aliphatic carbocycles. The van der Waals surface area contributed by atoms with Gasteiger partial charge < -0.3 is 9.64 Å². The highest BCUT2D eigenvalue weighted by Crippen LogP contribution is 2.28. The molecule has 0 radical (unpaired) electrons. The second kappa shape index (κ2) is 6.62. The highest BCUT2D eigenvalue weighted by Gasteiger charge is 2.38. The first-order chi connectivity index (χ1) is 9.80. The van der Waals surface area contributed by atoms with E-state index >= 15 is 0 Å². The van der Waals surface area contributed by atoms with Gasteiger partial charge in [-0.25, -0.2) is 12.7 Å². The van der Waals surface area contributed by atoms with Crippen molar-refractivity contribution >= 4 is 15.9 Å². The molecule has 0 N–H and O–H groups in total. The van der Waals surface area contributed by atoms with E-state index in [1.807, 2.05) is 4.90 Å². The van der Waals surface area contributed by atoms with Gasteiger partial charge >= 0.3 is 0 Å². The predicted molar refractivity (Wildman–Crippen MR) is 80.3 cm³/mol. The quantitative estimate of drug-likeness (QED) is 0.762. The van der Waals surface area contributed by atoms with Crippen molar-refractivity contribution in [3.8, 4) is 0 Å². The van der Waals surface area contributed by atoms with Crippen LogP contribution in [0.25, 0.3) is 0 Å². The molecule has 21 heavy (non-hydrogen) atoms. The molecular formula is C14H26N2O4S. The normalized spacial score (nSPS) is 28.9. The van der Waals surface area contributed by atoms with Gasteiger partial charge in [-0.05, 0) is 18.8 Å². The van der Waals surface area contributed by atoms with E-state index in [1.165, 1.54) is 10.6 Å². The lowest BCUT2D eigenvalue weighted by molar-refractivity contribution is -0.138. The Balaban J connectivity index is 2.00. The van der Waals surface area contributed by atoms with Crippen molar-refractivity contribution in [2.45, 2.75) is 32.8 Å². The Morgan fingerprint density at radius 1 is 1.19 bits per heavy atom. The molecule has 0 aromatic heterocycles. The van der Waals surface area contributed by atoms with E-state index in [1.54, 1.807) is 0 Å². The molecule has 2 saturated heterocycles. The van der Waals surface area contributed by atoms with Gasteiger partial charge in [0.05, 0.1) is 18.3 Å². The molecule has 0 aromatic carbocycles. The Hall–Kier alpha value is -0.660. The summed E-state index contributed by atoms with van der Waals surface area (Å²) in [5.41, 5.74) is 0. The minimum Gasteiger partial charge on any atom is -0.377 e. The molecule has 2 aliphatic rings. The van der Waals surface area contributed by atoms with Gasteiger partial charge in [-0.1, -0.05) is 13.8 Å². The maximum atomic E-state index is 12.7. The smallest absolute Gasteiger partial charge is 0.228 e. The van der Waals surface area contributed by atoms with Crippen LogP contribution in [0.3, 0.4) is 0 Å². The van der Waals surface area contributed by atoms with E-state index in [0.29, 0.717) is 45.1 Å². The van der Waals surface area contributed by atoms with Gasteiger partial charge in [-0.3, -0.25) is 4.79 Å². The van der Waals surface area contributed by atoms with Crippen LogP contribution in [0.2, 0.25) is 0 Å². The lowest BCUT2D eigenvalue weighted by atomic mass is 9.92. The summed E-state index contributed by atoms with van der Waals surface area (Å²) >= 11 is 0. The number of hydrogen-bond acceptors (Lipinski definition) is 4. The zero-order valence-corrected chi connectivity index (χ0v) is 13.9. The summed E-state index contributed by atoms with van der Waals surface area (Å²) in [7, 11) is -3.17. The van der Waals surface area contributed by atoms with Gasteiger partial charge in [0.25, 0.3) is 0 Å². The molecule has 0 aromatic rings. The summed E-state index contributed by atoms with van der Waals surface area (Å²) in [6.45, 7) is 6.79. The number of hydrogen-bond donors (Lipinski definition) is 0. The highest BCUT2D eigenvalue weighted by atomic mass is 32.2. The van der Waals surface area contributed by atoms with E-state index in [2.05, 4.69) is 13.8 Å². The standard InChI is InChI=1S/C14H26N2O4S/c1-11(2)13-12(5-10-20-13)14(17)15-6-4-7-16(9-8-15)21(3,18)19/h11-13H,4-10H2,1-3H3/t12-,13-/m0/s1. The summed E-state index contributed by atoms with van der Waals surface area (Å²) in [6.07, 6.45) is 2.68. The molecule has 2 aliphatic heterocycles. The second-order valence-electron chi connectivity index (χ2n) is 6.32. The monoisotopic (exact) mass is 318 g/mol. The number of ether oxygens (including phenoxy) is 1. The summed E-state index contributed by atoms with van der Waals surface area (Å²) in [5, 5.41) is 0. The van der Waals surface area contributed by atoms with Crippen molar-refractivity contribution in [2.24, 2.45) is 11.8 Å². The molecule has 0 unspecified atom stereocenters. The van der Waals surface area contributed by atoms with Crippen LogP contribution in [0, 0.1) is 11.8 Å². The summed E-state index contributed by atoms with van der Waals surface area (Å²) in [6, 6.07) is 0. The first-order valence-electron chi connectivity index (χ1n) is 7.66. The largest absolute Gasteiger partial charge is 0.377 e. The SMILES string of the molecule is CC(C)[C@@H]1OCC[C@@H]1C(=O)N1CCCN(S(C)(=O)=O)CC1. The van der Waals surface area contributed by atoms with Gasteiger partial charge in [0.15, 0.2) is 0 Å². The fraction of sp³-hybridized carbons (Fsp3) is 0.929. The van der Waals surface area contributed by atoms with Crippen LogP contribution in [0.5, 0.6) is 0 Å². The third-order valence-electron chi connectivity index (χ3n) is 4.35. The van der Waals surface area contributed by atoms with Crippen LogP contribution in [0.15, 0.2) is 0 Å². The molecule has 1 amide bonds. The average Bonchev–Trinajstić information content (AvgIpc) is 2.73. The topological polar surface area (TPSA) is 66.9 Å². The van der Waals surface area contributed by atoms with Crippen LogP contribution in [0.1, 0.15) is 26.7 Å². The molecule has 0 saturated carbocycles. The molecule has 122 valence electrons. The average molecular weight is 318 g/mol. The number of amides is 1. The van der Waals surface area contributed by atoms with E-state index in [0.717, 1.165) is 6.42 Å². The number of carbonyl (C=O) groups is 1. The maximum absolute atomic E-state index is 12.7. The first-order valence-corrected chi connectivity index (χ1v) is 9.51. The van der Waals surface area contributed by atoms with E-state index in [9.17, 15) is 13.2 Å². The van der Waals surface area contributed by atoms with Gasteiger partial charge in [-0.15, -0.1) is 0 Å². The third kappa shape index (κ3) is 3.96. The van der Waals surface area contributed by atoms with E-state index in [4.69, 9.17) is 4.74 Å². The number of nitrogens with zero attached hydrogens (tertiary/aromatic N) is 2. The third-order valence-corrected chi connectivity index (χ3v) is 5.65. The van der Waals surface area contributed by atoms with Crippen LogP contribution in [-0.4, -0.2) is 68.7 Å². The van der Waals surface area contributed by atoms with E-state index < -0.39 is 10.0 Å². The van der Waals surface area contributed by atoms with Crippen LogP contribution >= 0.6 is 0 Å². The zero-order chi connectivity index (χ0) is 15.6. The molecule has 7 heteroatoms. The summed E-state index contributed by atoms with van der Waals surface area (Å²) < 4.78 is 30.4. The van der Waals surface area contributed by atoms with Gasteiger partial charge in [0.2, 0.25) is 15.9 Å². The fourth-order valence-corrected chi connectivity index (χ4v) is 4.09. The lowest BCUT2D eigenvalue weighted by Gasteiger charge is -2.28. The van der Waals surface area contributed by atoms with Gasteiger partial charge in [0, 0.05) is 32.8 Å². The van der Waals surface area contributed by atoms with Crippen molar-refractivity contribution in [1.82, 2.24) is 9.21 Å². The fourth-order valence-electron chi connectivity index (χ4n) is 3.21. The summed E-state index contributed by atoms with van der Waals surface area (Å²) in [4.78, 5) is 14.5. The number of rotatable bonds is 3. The van der Waals surface area contributed by atoms with Crippen molar-refractivity contribution in [3.63, 3.8) is 0 Å². The molecule has 2 atom stereocenters.